The second kappa shape index (κ2) is 9.55. The molecule has 2 N–H and O–H groups in total. The van der Waals surface area contributed by atoms with Crippen LogP contribution in [0.15, 0.2) is 30.3 Å². The zero-order valence-electron chi connectivity index (χ0n) is 19.1. The molecule has 1 fully saturated rings. The summed E-state index contributed by atoms with van der Waals surface area (Å²) < 4.78 is 1.50. The molecule has 0 spiro atoms. The zero-order valence-corrected chi connectivity index (χ0v) is 19.8. The molecule has 2 aromatic rings. The molecule has 1 aliphatic heterocycles. The van der Waals surface area contributed by atoms with E-state index < -0.39 is 5.54 Å². The molecule has 3 amide bonds. The number of nitrogens with one attached hydrogen (secondary N) is 2. The smallest absolute Gasteiger partial charge is 0.273 e. The van der Waals surface area contributed by atoms with E-state index in [4.69, 9.17) is 11.6 Å². The molecule has 1 aliphatic carbocycles. The van der Waals surface area contributed by atoms with Gasteiger partial charge in [0.1, 0.15) is 11.2 Å². The lowest BCUT2D eigenvalue weighted by Crippen LogP contribution is -2.64. The topological polar surface area (TPSA) is 96.3 Å². The molecule has 176 valence electrons. The third-order valence-corrected chi connectivity index (χ3v) is 6.89. The van der Waals surface area contributed by atoms with Gasteiger partial charge in [0.25, 0.3) is 11.8 Å². The van der Waals surface area contributed by atoms with Gasteiger partial charge in [-0.15, -0.1) is 0 Å². The van der Waals surface area contributed by atoms with Crippen molar-refractivity contribution in [1.29, 1.82) is 0 Å². The van der Waals surface area contributed by atoms with Gasteiger partial charge >= 0.3 is 0 Å². The minimum atomic E-state index is -1.06. The Bertz CT molecular complexity index is 1040. The average Bonchev–Trinajstić information content (AvgIpc) is 3.45. The molecule has 0 unspecified atom stereocenters. The second-order valence-electron chi connectivity index (χ2n) is 8.98. The predicted molar refractivity (Wildman–Crippen MR) is 125 cm³/mol. The first-order valence-corrected chi connectivity index (χ1v) is 11.9. The van der Waals surface area contributed by atoms with E-state index >= 15 is 0 Å². The summed E-state index contributed by atoms with van der Waals surface area (Å²) in [7, 11) is 0. The molecule has 2 heterocycles. The maximum atomic E-state index is 13.2. The maximum Gasteiger partial charge on any atom is 0.273 e. The van der Waals surface area contributed by atoms with E-state index in [2.05, 4.69) is 15.7 Å². The monoisotopic (exact) mass is 471 g/mol. The maximum absolute atomic E-state index is 13.2. The molecule has 1 aromatic heterocycles. The molecule has 0 bridgehead atoms. The van der Waals surface area contributed by atoms with Crippen LogP contribution in [-0.2, 0) is 17.8 Å². The molecular formula is C24H30ClN5O3. The van der Waals surface area contributed by atoms with Gasteiger partial charge in [-0.05, 0) is 50.8 Å². The number of likely N-dealkylation sites (N-methyl/N-ethyl adjacent to an activating group) is 1. The van der Waals surface area contributed by atoms with E-state index in [0.717, 1.165) is 31.2 Å². The van der Waals surface area contributed by atoms with Gasteiger partial charge in [0.2, 0.25) is 5.91 Å². The molecular weight excluding hydrogens is 442 g/mol. The molecule has 9 heteroatoms. The highest BCUT2D eigenvalue weighted by molar-refractivity contribution is 6.30. The average molecular weight is 472 g/mol. The number of halogens is 1. The number of aromatic nitrogens is 2. The van der Waals surface area contributed by atoms with Crippen molar-refractivity contribution in [3.63, 3.8) is 0 Å². The van der Waals surface area contributed by atoms with Crippen LogP contribution in [0.3, 0.4) is 0 Å². The van der Waals surface area contributed by atoms with Crippen LogP contribution in [0.5, 0.6) is 0 Å². The zero-order chi connectivity index (χ0) is 23.6. The van der Waals surface area contributed by atoms with E-state index in [1.165, 1.54) is 10.7 Å². The van der Waals surface area contributed by atoms with Gasteiger partial charge in [0.05, 0.1) is 6.54 Å². The lowest BCUT2D eigenvalue weighted by molar-refractivity contribution is -0.133. The number of carbonyl (C=O) groups is 3. The van der Waals surface area contributed by atoms with E-state index in [-0.39, 0.29) is 36.0 Å². The summed E-state index contributed by atoms with van der Waals surface area (Å²) in [6.07, 6.45) is 4.80. The molecule has 1 atom stereocenters. The minimum absolute atomic E-state index is 0.157. The number of carbonyl (C=O) groups excluding carboxylic acids is 3. The highest BCUT2D eigenvalue weighted by Gasteiger charge is 2.48. The van der Waals surface area contributed by atoms with Gasteiger partial charge < -0.3 is 15.5 Å². The Kier molecular flexibility index (Phi) is 6.74. The van der Waals surface area contributed by atoms with E-state index in [1.54, 1.807) is 11.8 Å². The van der Waals surface area contributed by atoms with E-state index in [1.807, 2.05) is 31.2 Å². The van der Waals surface area contributed by atoms with Crippen molar-refractivity contribution in [1.82, 2.24) is 25.3 Å². The van der Waals surface area contributed by atoms with E-state index in [0.29, 0.717) is 30.2 Å². The third kappa shape index (κ3) is 4.76. The largest absolute Gasteiger partial charge is 0.351 e. The van der Waals surface area contributed by atoms with Gasteiger partial charge in [-0.3, -0.25) is 19.1 Å². The van der Waals surface area contributed by atoms with Crippen molar-refractivity contribution in [3.05, 3.63) is 52.3 Å². The summed E-state index contributed by atoms with van der Waals surface area (Å²) in [6, 6.07) is 9.12. The van der Waals surface area contributed by atoms with Crippen molar-refractivity contribution in [2.75, 3.05) is 13.1 Å². The van der Waals surface area contributed by atoms with Crippen molar-refractivity contribution in [2.45, 2.75) is 64.1 Å². The van der Waals surface area contributed by atoms with Gasteiger partial charge in [-0.1, -0.05) is 36.6 Å². The molecule has 1 aromatic carbocycles. The minimum Gasteiger partial charge on any atom is -0.351 e. The lowest BCUT2D eigenvalue weighted by Gasteiger charge is -2.43. The van der Waals surface area contributed by atoms with Crippen LogP contribution < -0.4 is 10.6 Å². The first kappa shape index (κ1) is 23.3. The Morgan fingerprint density at radius 3 is 2.58 bits per heavy atom. The summed E-state index contributed by atoms with van der Waals surface area (Å²) >= 11 is 5.90. The number of hydrogen-bond donors (Lipinski definition) is 2. The summed E-state index contributed by atoms with van der Waals surface area (Å²) in [5, 5.41) is 11.0. The first-order chi connectivity index (χ1) is 15.8. The fourth-order valence-corrected chi connectivity index (χ4v) is 4.85. The second-order valence-corrected chi connectivity index (χ2v) is 9.42. The standard InChI is InChI=1S/C24H30ClN5O3/c1-3-29-22(32)20-14-19(21(31)26-13-12-16-8-10-17(25)11-9-16)28-30(20)15-24(29,2)23(33)27-18-6-4-5-7-18/h8-11,14,18H,3-7,12-13,15H2,1-2H3,(H,26,31)(H,27,33)/t24-/m0/s1. The SMILES string of the molecule is CCN1C(=O)c2cc(C(=O)NCCc3ccc(Cl)cc3)nn2C[C@@]1(C)C(=O)NC1CCCC1. The molecule has 4 rings (SSSR count). The summed E-state index contributed by atoms with van der Waals surface area (Å²) in [4.78, 5) is 40.7. The first-order valence-electron chi connectivity index (χ1n) is 11.5. The van der Waals surface area contributed by atoms with Crippen LogP contribution >= 0.6 is 11.6 Å². The number of fused-ring (bicyclic) bond motifs is 1. The Labute approximate surface area is 198 Å². The number of rotatable bonds is 7. The fourth-order valence-electron chi connectivity index (χ4n) is 4.72. The predicted octanol–water partition coefficient (Wildman–Crippen LogP) is 2.80. The van der Waals surface area contributed by atoms with Gasteiger partial charge in [0.15, 0.2) is 5.69 Å². The van der Waals surface area contributed by atoms with Crippen molar-refractivity contribution >= 4 is 29.3 Å². The van der Waals surface area contributed by atoms with Gasteiger partial charge in [0, 0.05) is 30.2 Å². The highest BCUT2D eigenvalue weighted by atomic mass is 35.5. The van der Waals surface area contributed by atoms with Crippen LogP contribution in [0.1, 0.15) is 66.1 Å². The van der Waals surface area contributed by atoms with Crippen LogP contribution in [-0.4, -0.2) is 57.1 Å². The van der Waals surface area contributed by atoms with Crippen molar-refractivity contribution < 1.29 is 14.4 Å². The lowest BCUT2D eigenvalue weighted by atomic mass is 9.94. The van der Waals surface area contributed by atoms with Crippen molar-refractivity contribution in [2.24, 2.45) is 0 Å². The fraction of sp³-hybridized carbons (Fsp3) is 0.500. The number of hydrogen-bond acceptors (Lipinski definition) is 4. The van der Waals surface area contributed by atoms with Gasteiger partial charge in [-0.25, -0.2) is 0 Å². The molecule has 0 radical (unpaired) electrons. The van der Waals surface area contributed by atoms with Crippen LogP contribution in [0.4, 0.5) is 0 Å². The summed E-state index contributed by atoms with van der Waals surface area (Å²) in [6.45, 7) is 4.66. The molecule has 0 saturated heterocycles. The number of amides is 3. The Balaban J connectivity index is 1.45. The normalized spacial score (nSPS) is 20.6. The molecule has 1 saturated carbocycles. The highest BCUT2D eigenvalue weighted by Crippen LogP contribution is 2.28. The molecule has 2 aliphatic rings. The quantitative estimate of drug-likeness (QED) is 0.649. The van der Waals surface area contributed by atoms with Crippen LogP contribution in [0, 0.1) is 0 Å². The number of nitrogens with zero attached hydrogens (tertiary/aromatic N) is 3. The molecule has 8 nitrogen and oxygen atoms in total. The number of benzene rings is 1. The Morgan fingerprint density at radius 2 is 1.91 bits per heavy atom. The van der Waals surface area contributed by atoms with Gasteiger partial charge in [-0.2, -0.15) is 5.10 Å². The van der Waals surface area contributed by atoms with E-state index in [9.17, 15) is 14.4 Å². The Hall–Kier alpha value is -2.87. The molecule has 33 heavy (non-hydrogen) atoms. The summed E-state index contributed by atoms with van der Waals surface area (Å²) in [5.74, 6) is -0.806. The van der Waals surface area contributed by atoms with Crippen LogP contribution in [0.2, 0.25) is 5.02 Å². The van der Waals surface area contributed by atoms with Crippen molar-refractivity contribution in [3.8, 4) is 0 Å². The summed E-state index contributed by atoms with van der Waals surface area (Å²) in [5.41, 5.74) is 0.494. The third-order valence-electron chi connectivity index (χ3n) is 6.64. The van der Waals surface area contributed by atoms with Crippen LogP contribution in [0.25, 0.3) is 0 Å². The Morgan fingerprint density at radius 1 is 1.21 bits per heavy atom.